The fourth-order valence-corrected chi connectivity index (χ4v) is 3.37. The Morgan fingerprint density at radius 2 is 1.94 bits per heavy atom. The summed E-state index contributed by atoms with van der Waals surface area (Å²) in [5.41, 5.74) is 6.04. The van der Waals surface area contributed by atoms with Gasteiger partial charge in [0.25, 0.3) is 0 Å². The molecule has 2 rings (SSSR count). The Labute approximate surface area is 95.9 Å². The Bertz CT molecular complexity index is 465. The molecule has 0 radical (unpaired) electrons. The van der Waals surface area contributed by atoms with E-state index in [1.807, 2.05) is 0 Å². The van der Waals surface area contributed by atoms with E-state index < -0.39 is 10.0 Å². The van der Waals surface area contributed by atoms with Crippen LogP contribution in [0.5, 0.6) is 0 Å². The second-order valence-electron chi connectivity index (χ2n) is 4.18. The third-order valence-corrected chi connectivity index (χ3v) is 4.36. The smallest absolute Gasteiger partial charge is 0.240 e. The molecule has 3 N–H and O–H groups in total. The third-order valence-electron chi connectivity index (χ3n) is 2.85. The zero-order valence-corrected chi connectivity index (χ0v) is 9.83. The summed E-state index contributed by atoms with van der Waals surface area (Å²) < 4.78 is 26.7. The molecule has 0 aromatic heterocycles. The lowest BCUT2D eigenvalue weighted by Gasteiger charge is -2.12. The van der Waals surface area contributed by atoms with Gasteiger partial charge >= 0.3 is 0 Å². The number of rotatable bonds is 3. The maximum Gasteiger partial charge on any atom is 0.240 e. The van der Waals surface area contributed by atoms with E-state index in [1.54, 1.807) is 18.2 Å². The zero-order valence-electron chi connectivity index (χ0n) is 9.02. The van der Waals surface area contributed by atoms with Crippen LogP contribution in [0.2, 0.25) is 0 Å². The molecule has 1 fully saturated rings. The molecule has 0 bridgehead atoms. The van der Waals surface area contributed by atoms with Gasteiger partial charge in [-0.25, -0.2) is 13.1 Å². The first-order valence-corrected chi connectivity index (χ1v) is 6.94. The molecule has 4 nitrogen and oxygen atoms in total. The Morgan fingerprint density at radius 3 is 2.56 bits per heavy atom. The van der Waals surface area contributed by atoms with E-state index in [2.05, 4.69) is 4.72 Å². The van der Waals surface area contributed by atoms with Crippen molar-refractivity contribution in [2.24, 2.45) is 0 Å². The summed E-state index contributed by atoms with van der Waals surface area (Å²) in [6, 6.07) is 6.46. The first-order valence-electron chi connectivity index (χ1n) is 5.46. The molecule has 0 spiro atoms. The van der Waals surface area contributed by atoms with Crippen molar-refractivity contribution in [1.82, 2.24) is 4.72 Å². The Kier molecular flexibility index (Phi) is 3.16. The predicted octanol–water partition coefficient (Wildman–Crippen LogP) is 1.49. The maximum absolute atomic E-state index is 12.0. The molecule has 88 valence electrons. The average molecular weight is 240 g/mol. The lowest BCUT2D eigenvalue weighted by molar-refractivity contribution is 0.552. The van der Waals surface area contributed by atoms with Crippen molar-refractivity contribution in [3.05, 3.63) is 24.3 Å². The molecule has 0 amide bonds. The average Bonchev–Trinajstić information content (AvgIpc) is 2.70. The van der Waals surface area contributed by atoms with Crippen molar-refractivity contribution in [2.45, 2.75) is 36.6 Å². The molecule has 0 heterocycles. The first-order chi connectivity index (χ1) is 7.58. The van der Waals surface area contributed by atoms with Gasteiger partial charge in [0.15, 0.2) is 0 Å². The van der Waals surface area contributed by atoms with Crippen LogP contribution in [0.4, 0.5) is 5.69 Å². The Morgan fingerprint density at radius 1 is 1.25 bits per heavy atom. The number of anilines is 1. The van der Waals surface area contributed by atoms with Gasteiger partial charge in [0.1, 0.15) is 0 Å². The van der Waals surface area contributed by atoms with Gasteiger partial charge in [-0.15, -0.1) is 0 Å². The van der Waals surface area contributed by atoms with Crippen LogP contribution in [0.25, 0.3) is 0 Å². The number of hydrogen-bond acceptors (Lipinski definition) is 3. The summed E-state index contributed by atoms with van der Waals surface area (Å²) in [5, 5.41) is 0. The molecule has 1 saturated carbocycles. The molecule has 0 saturated heterocycles. The molecular weight excluding hydrogens is 224 g/mol. The third kappa shape index (κ3) is 2.54. The Balaban J connectivity index is 2.18. The van der Waals surface area contributed by atoms with Crippen molar-refractivity contribution in [1.29, 1.82) is 0 Å². The van der Waals surface area contributed by atoms with E-state index in [9.17, 15) is 8.42 Å². The van der Waals surface area contributed by atoms with Crippen molar-refractivity contribution >= 4 is 15.7 Å². The largest absolute Gasteiger partial charge is 0.399 e. The summed E-state index contributed by atoms with van der Waals surface area (Å²) >= 11 is 0. The minimum atomic E-state index is -3.40. The van der Waals surface area contributed by atoms with Crippen LogP contribution in [0, 0.1) is 0 Å². The fraction of sp³-hybridized carbons (Fsp3) is 0.455. The number of hydrogen-bond donors (Lipinski definition) is 2. The van der Waals surface area contributed by atoms with Crippen molar-refractivity contribution < 1.29 is 8.42 Å². The summed E-state index contributed by atoms with van der Waals surface area (Å²) in [6.45, 7) is 0. The van der Waals surface area contributed by atoms with Crippen molar-refractivity contribution in [3.8, 4) is 0 Å². The summed E-state index contributed by atoms with van der Waals surface area (Å²) in [7, 11) is -3.40. The van der Waals surface area contributed by atoms with Crippen LogP contribution in [0.3, 0.4) is 0 Å². The van der Waals surface area contributed by atoms with Crippen LogP contribution in [0.1, 0.15) is 25.7 Å². The van der Waals surface area contributed by atoms with Crippen molar-refractivity contribution in [3.63, 3.8) is 0 Å². The van der Waals surface area contributed by atoms with E-state index in [-0.39, 0.29) is 10.9 Å². The van der Waals surface area contributed by atoms with Gasteiger partial charge in [-0.3, -0.25) is 0 Å². The molecule has 0 aliphatic heterocycles. The second-order valence-corrected chi connectivity index (χ2v) is 5.89. The normalized spacial score (nSPS) is 17.8. The minimum Gasteiger partial charge on any atom is -0.399 e. The summed E-state index contributed by atoms with van der Waals surface area (Å²) in [5.74, 6) is 0. The Hall–Kier alpha value is -1.07. The number of benzene rings is 1. The number of nitrogens with two attached hydrogens (primary N) is 1. The lowest BCUT2D eigenvalue weighted by atomic mass is 10.3. The van der Waals surface area contributed by atoms with Crippen LogP contribution in [-0.4, -0.2) is 14.5 Å². The van der Waals surface area contributed by atoms with E-state index in [1.165, 1.54) is 6.07 Å². The van der Waals surface area contributed by atoms with Gasteiger partial charge in [-0.05, 0) is 31.0 Å². The lowest BCUT2D eigenvalue weighted by Crippen LogP contribution is -2.32. The van der Waals surface area contributed by atoms with Gasteiger partial charge in [0.2, 0.25) is 10.0 Å². The highest BCUT2D eigenvalue weighted by molar-refractivity contribution is 7.89. The molecule has 1 aliphatic carbocycles. The number of nitrogens with one attached hydrogen (secondary N) is 1. The number of sulfonamides is 1. The summed E-state index contributed by atoms with van der Waals surface area (Å²) in [6.07, 6.45) is 4.07. The maximum atomic E-state index is 12.0. The quantitative estimate of drug-likeness (QED) is 0.786. The van der Waals surface area contributed by atoms with Gasteiger partial charge in [0.05, 0.1) is 4.90 Å². The monoisotopic (exact) mass is 240 g/mol. The van der Waals surface area contributed by atoms with Crippen LogP contribution >= 0.6 is 0 Å². The standard InChI is InChI=1S/C11H16N2O2S/c12-9-4-3-7-11(8-9)16(14,15)13-10-5-1-2-6-10/h3-4,7-8,10,13H,1-2,5-6,12H2. The molecule has 1 aliphatic rings. The molecule has 0 unspecified atom stereocenters. The van der Waals surface area contributed by atoms with Crippen LogP contribution in [0.15, 0.2) is 29.2 Å². The first kappa shape index (κ1) is 11.4. The second kappa shape index (κ2) is 4.43. The molecule has 0 atom stereocenters. The topological polar surface area (TPSA) is 72.2 Å². The SMILES string of the molecule is Nc1cccc(S(=O)(=O)NC2CCCC2)c1. The van der Waals surface area contributed by atoms with Crippen LogP contribution in [-0.2, 0) is 10.0 Å². The van der Waals surface area contributed by atoms with Crippen LogP contribution < -0.4 is 10.5 Å². The van der Waals surface area contributed by atoms with E-state index in [0.717, 1.165) is 25.7 Å². The molecule has 5 heteroatoms. The van der Waals surface area contributed by atoms with E-state index >= 15 is 0 Å². The van der Waals surface area contributed by atoms with Gasteiger partial charge in [-0.1, -0.05) is 18.9 Å². The number of nitrogen functional groups attached to an aromatic ring is 1. The summed E-state index contributed by atoms with van der Waals surface area (Å²) in [4.78, 5) is 0.249. The molecule has 1 aromatic carbocycles. The van der Waals surface area contributed by atoms with E-state index in [0.29, 0.717) is 5.69 Å². The molecule has 1 aromatic rings. The fourth-order valence-electron chi connectivity index (χ4n) is 2.01. The van der Waals surface area contributed by atoms with Gasteiger partial charge < -0.3 is 5.73 Å². The molecular formula is C11H16N2O2S. The molecule has 16 heavy (non-hydrogen) atoms. The van der Waals surface area contributed by atoms with Crippen molar-refractivity contribution in [2.75, 3.05) is 5.73 Å². The van der Waals surface area contributed by atoms with Gasteiger partial charge in [0, 0.05) is 11.7 Å². The minimum absolute atomic E-state index is 0.0893. The highest BCUT2D eigenvalue weighted by Crippen LogP contribution is 2.20. The van der Waals surface area contributed by atoms with Gasteiger partial charge in [-0.2, -0.15) is 0 Å². The predicted molar refractivity (Wildman–Crippen MR) is 63.4 cm³/mol. The zero-order chi connectivity index (χ0) is 11.6. The highest BCUT2D eigenvalue weighted by Gasteiger charge is 2.22. The van der Waals surface area contributed by atoms with E-state index in [4.69, 9.17) is 5.73 Å². The highest BCUT2D eigenvalue weighted by atomic mass is 32.2.